The number of alkyl halides is 6. The van der Waals surface area contributed by atoms with Crippen molar-refractivity contribution >= 4 is 34.8 Å². The van der Waals surface area contributed by atoms with Crippen LogP contribution in [0.2, 0.25) is 0 Å². The van der Waals surface area contributed by atoms with Crippen LogP contribution in [0.15, 0.2) is 0 Å². The molecule has 2 N–H and O–H groups in total. The lowest BCUT2D eigenvalue weighted by molar-refractivity contribution is -0.0355. The monoisotopic (exact) mass is 234 g/mol. The Morgan fingerprint density at radius 3 is 1.09 bits per heavy atom. The predicted molar refractivity (Wildman–Crippen MR) is 35.6 cm³/mol. The highest BCUT2D eigenvalue weighted by Crippen LogP contribution is 2.28. The first kappa shape index (κ1) is 14.1. The predicted octanol–water partition coefficient (Wildman–Crippen LogP) is 1.85. The number of hydrogen-bond acceptors (Lipinski definition) is 2. The van der Waals surface area contributed by atoms with Gasteiger partial charge in [0.05, 0.1) is 0 Å². The minimum atomic E-state index is -3.67. The summed E-state index contributed by atoms with van der Waals surface area (Å²) < 4.78 is 27.0. The highest BCUT2D eigenvalue weighted by atomic mass is 35.6. The summed E-state index contributed by atoms with van der Waals surface area (Å²) in [5.41, 5.74) is 0. The Hall–Kier alpha value is 0.580. The Morgan fingerprint density at radius 2 is 1.09 bits per heavy atom. The third-order valence-corrected chi connectivity index (χ3v) is 0.878. The molecule has 0 saturated heterocycles. The van der Waals surface area contributed by atoms with Gasteiger partial charge >= 0.3 is 6.68 Å². The minimum Gasteiger partial charge on any atom is -0.365 e. The Kier molecular flexibility index (Phi) is 7.88. The molecule has 0 aromatic heterocycles. The molecule has 0 amide bonds. The van der Waals surface area contributed by atoms with E-state index in [1.807, 2.05) is 0 Å². The molecule has 0 saturated carbocycles. The Labute approximate surface area is 75.5 Å². The number of aliphatic hydroxyl groups excluding tert-OH is 1. The normalized spacial score (nSPS) is 11.5. The van der Waals surface area contributed by atoms with Gasteiger partial charge in [-0.05, 0) is 0 Å². The van der Waals surface area contributed by atoms with E-state index in [1.54, 1.807) is 0 Å². The molecule has 2 nitrogen and oxygen atoms in total. The largest absolute Gasteiger partial charge is 0.379 e. The van der Waals surface area contributed by atoms with Gasteiger partial charge in [0.1, 0.15) is 0 Å². The highest BCUT2D eigenvalue weighted by molar-refractivity contribution is 6.67. The standard InChI is InChI=1S/C2H3Cl3O2.CHF3/c3-2(4,5)1(6)7;2-1(3)4/h1,6-7H;1H. The van der Waals surface area contributed by atoms with Crippen molar-refractivity contribution in [2.24, 2.45) is 0 Å². The lowest BCUT2D eigenvalue weighted by Gasteiger charge is -2.10. The van der Waals surface area contributed by atoms with Crippen LogP contribution in [-0.2, 0) is 0 Å². The third-order valence-electron chi connectivity index (χ3n) is 0.293. The first-order chi connectivity index (χ1) is 4.68. The molecule has 0 aromatic carbocycles. The van der Waals surface area contributed by atoms with Crippen molar-refractivity contribution in [1.29, 1.82) is 0 Å². The Morgan fingerprint density at radius 1 is 1.00 bits per heavy atom. The molecule has 8 heteroatoms. The maximum atomic E-state index is 9.67. The zero-order chi connectivity index (χ0) is 9.65. The molecule has 0 fully saturated rings. The van der Waals surface area contributed by atoms with E-state index in [2.05, 4.69) is 0 Å². The summed E-state index contributed by atoms with van der Waals surface area (Å²) in [5, 5.41) is 16.1. The summed E-state index contributed by atoms with van der Waals surface area (Å²) in [5.74, 6) is 0. The van der Waals surface area contributed by atoms with E-state index in [0.717, 1.165) is 0 Å². The van der Waals surface area contributed by atoms with E-state index in [0.29, 0.717) is 0 Å². The van der Waals surface area contributed by atoms with Gasteiger partial charge in [0.25, 0.3) is 0 Å². The summed E-state index contributed by atoms with van der Waals surface area (Å²) in [4.78, 5) is 0. The molecule has 0 rings (SSSR count). The van der Waals surface area contributed by atoms with Crippen molar-refractivity contribution in [3.05, 3.63) is 0 Å². The minimum absolute atomic E-state index is 1.91. The third kappa shape index (κ3) is 18.0. The highest BCUT2D eigenvalue weighted by Gasteiger charge is 2.28. The molecule has 0 aliphatic heterocycles. The summed E-state index contributed by atoms with van der Waals surface area (Å²) in [7, 11) is 0. The molecule has 70 valence electrons. The average molecular weight is 235 g/mol. The van der Waals surface area contributed by atoms with E-state index in [-0.39, 0.29) is 0 Å². The van der Waals surface area contributed by atoms with Crippen molar-refractivity contribution in [2.45, 2.75) is 16.8 Å². The van der Waals surface area contributed by atoms with E-state index in [9.17, 15) is 13.2 Å². The van der Waals surface area contributed by atoms with E-state index < -0.39 is 16.8 Å². The SMILES string of the molecule is FC(F)F.OC(O)C(Cl)(Cl)Cl. The van der Waals surface area contributed by atoms with Gasteiger partial charge in [-0.2, -0.15) is 13.2 Å². The van der Waals surface area contributed by atoms with Crippen LogP contribution in [0.1, 0.15) is 0 Å². The molecule has 0 bridgehead atoms. The smallest absolute Gasteiger partial charge is 0.365 e. The van der Waals surface area contributed by atoms with Crippen LogP contribution in [0.25, 0.3) is 0 Å². The van der Waals surface area contributed by atoms with Crippen LogP contribution in [0.4, 0.5) is 13.2 Å². The Bertz CT molecular complexity index is 91.6. The number of hydrogen-bond donors (Lipinski definition) is 2. The van der Waals surface area contributed by atoms with Gasteiger partial charge in [0.2, 0.25) is 3.79 Å². The molecule has 0 heterocycles. The number of halogens is 6. The van der Waals surface area contributed by atoms with Crippen LogP contribution >= 0.6 is 34.8 Å². The molecular weight excluding hydrogens is 231 g/mol. The summed E-state index contributed by atoms with van der Waals surface area (Å²) in [6.07, 6.45) is -1.91. The van der Waals surface area contributed by atoms with Crippen molar-refractivity contribution in [3.8, 4) is 0 Å². The molecule has 0 atom stereocenters. The fourth-order valence-electron chi connectivity index (χ4n) is 0. The van der Waals surface area contributed by atoms with Crippen molar-refractivity contribution < 1.29 is 23.4 Å². The molecule has 0 spiro atoms. The van der Waals surface area contributed by atoms with E-state index >= 15 is 0 Å². The quantitative estimate of drug-likeness (QED) is 0.497. The van der Waals surface area contributed by atoms with Crippen molar-refractivity contribution in [2.75, 3.05) is 0 Å². The first-order valence-electron chi connectivity index (χ1n) is 2.03. The topological polar surface area (TPSA) is 40.5 Å². The zero-order valence-corrected chi connectivity index (χ0v) is 7.08. The maximum Gasteiger partial charge on any atom is 0.379 e. The van der Waals surface area contributed by atoms with Crippen LogP contribution in [0, 0.1) is 0 Å². The number of rotatable bonds is 0. The average Bonchev–Trinajstić information content (AvgIpc) is 1.59. The van der Waals surface area contributed by atoms with Gasteiger partial charge < -0.3 is 10.2 Å². The molecule has 0 aliphatic carbocycles. The fraction of sp³-hybridized carbons (Fsp3) is 1.00. The van der Waals surface area contributed by atoms with Gasteiger partial charge in [-0.15, -0.1) is 0 Å². The molecule has 0 aromatic rings. The summed E-state index contributed by atoms with van der Waals surface area (Å²) in [6.45, 7) is -3.67. The van der Waals surface area contributed by atoms with Gasteiger partial charge in [-0.1, -0.05) is 34.8 Å². The second kappa shape index (κ2) is 6.14. The van der Waals surface area contributed by atoms with Gasteiger partial charge in [0, 0.05) is 0 Å². The van der Waals surface area contributed by atoms with Crippen molar-refractivity contribution in [1.82, 2.24) is 0 Å². The lowest BCUT2D eigenvalue weighted by atomic mass is 10.8. The van der Waals surface area contributed by atoms with Crippen molar-refractivity contribution in [3.63, 3.8) is 0 Å². The summed E-state index contributed by atoms with van der Waals surface area (Å²) in [6, 6.07) is 0. The van der Waals surface area contributed by atoms with Gasteiger partial charge in [-0.3, -0.25) is 0 Å². The van der Waals surface area contributed by atoms with Crippen LogP contribution < -0.4 is 0 Å². The van der Waals surface area contributed by atoms with E-state index in [4.69, 9.17) is 45.0 Å². The van der Waals surface area contributed by atoms with Crippen LogP contribution in [0.5, 0.6) is 0 Å². The zero-order valence-electron chi connectivity index (χ0n) is 4.82. The van der Waals surface area contributed by atoms with Gasteiger partial charge in [0.15, 0.2) is 6.29 Å². The van der Waals surface area contributed by atoms with Crippen LogP contribution in [-0.4, -0.2) is 27.0 Å². The molecular formula is C3H4Cl3F3O2. The molecule has 0 aliphatic rings. The maximum absolute atomic E-state index is 9.67. The molecule has 0 unspecified atom stereocenters. The first-order valence-corrected chi connectivity index (χ1v) is 3.16. The fourth-order valence-corrected chi connectivity index (χ4v) is 0. The van der Waals surface area contributed by atoms with E-state index in [1.165, 1.54) is 0 Å². The lowest BCUT2D eigenvalue weighted by Crippen LogP contribution is -2.23. The summed E-state index contributed by atoms with van der Waals surface area (Å²) >= 11 is 14.7. The molecule has 11 heavy (non-hydrogen) atoms. The number of aliphatic hydroxyl groups is 2. The van der Waals surface area contributed by atoms with Crippen LogP contribution in [0.3, 0.4) is 0 Å². The Balaban J connectivity index is 0. The molecule has 0 radical (unpaired) electrons. The second-order valence-corrected chi connectivity index (χ2v) is 3.53. The van der Waals surface area contributed by atoms with Gasteiger partial charge in [-0.25, -0.2) is 0 Å². The second-order valence-electron chi connectivity index (χ2n) is 1.16.